The first-order valence-electron chi connectivity index (χ1n) is 46.8. The summed E-state index contributed by atoms with van der Waals surface area (Å²) >= 11 is 36.6. The minimum absolute atomic E-state index is 0.504. The van der Waals surface area contributed by atoms with Gasteiger partial charge in [0, 0.05) is 169 Å². The molecule has 0 amide bonds. The van der Waals surface area contributed by atoms with Gasteiger partial charge in [-0.3, -0.25) is 0 Å². The quantitative estimate of drug-likeness (QED) is 0.0437. The number of halogens is 4. The molecule has 0 spiro atoms. The number of aryl methyl sites for hydroxylation is 2. The number of anilines is 12. The van der Waals surface area contributed by atoms with Crippen molar-refractivity contribution in [2.45, 2.75) is 176 Å². The van der Waals surface area contributed by atoms with Gasteiger partial charge in [-0.25, -0.2) is 0 Å². The molecule has 2 N–H and O–H groups in total. The maximum atomic E-state index is 6.51. The molecule has 1 saturated heterocycles. The van der Waals surface area contributed by atoms with Crippen LogP contribution in [0.3, 0.4) is 0 Å². The lowest BCUT2D eigenvalue weighted by atomic mass is 10.0. The lowest BCUT2D eigenvalue weighted by Gasteiger charge is -2.39. The van der Waals surface area contributed by atoms with Crippen molar-refractivity contribution in [2.24, 2.45) is 0 Å². The molecule has 13 aromatic rings. The van der Waals surface area contributed by atoms with Crippen LogP contribution in [-0.2, 0) is 6.54 Å². The molecule has 7 aliphatic heterocycles. The van der Waals surface area contributed by atoms with E-state index in [1.54, 1.807) is 0 Å². The van der Waals surface area contributed by atoms with E-state index in [-0.39, 0.29) is 0 Å². The van der Waals surface area contributed by atoms with Crippen LogP contribution < -0.4 is 40.0 Å². The van der Waals surface area contributed by atoms with Crippen molar-refractivity contribution >= 4 is 185 Å². The fourth-order valence-corrected chi connectivity index (χ4v) is 25.7. The molecule has 0 aromatic heterocycles. The van der Waals surface area contributed by atoms with E-state index < -0.39 is 0 Å². The first-order valence-corrected chi connectivity index (χ1v) is 53.2. The second-order valence-corrected chi connectivity index (χ2v) is 43.6. The molecular weight excluding hydrogens is 1820 g/mol. The first-order chi connectivity index (χ1) is 64.5. The lowest BCUT2D eigenvalue weighted by Crippen LogP contribution is -2.45. The summed E-state index contributed by atoms with van der Waals surface area (Å²) in [7, 11) is 2.26. The number of likely N-dealkylation sites (tertiary alicyclic amines) is 1. The summed E-state index contributed by atoms with van der Waals surface area (Å²) in [6.07, 6.45) is 9.14. The summed E-state index contributed by atoms with van der Waals surface area (Å²) in [5, 5.41) is 10.2. The Morgan fingerprint density at radius 2 is 0.583 bits per heavy atom. The highest BCUT2D eigenvalue weighted by molar-refractivity contribution is 8.01. The zero-order valence-corrected chi connectivity index (χ0v) is 84.5. The normalized spacial score (nSPS) is 14.3. The van der Waals surface area contributed by atoms with Crippen LogP contribution in [0.2, 0.25) is 20.1 Å². The van der Waals surface area contributed by atoms with Gasteiger partial charge in [0.05, 0.1) is 68.2 Å². The SMILES string of the molecule is CC(C)NCCCN1c2ccccc2Sc2ccc(Cl)cc21.Cc1ccc2c(c1)N(CCCN(CCCN1c3ccccc3Sc3ccc(Cl)cc31)C(C)C)c1ccccc1S2.Cc1ccc2c(c1)N(CCCN(CCCN1c3ccccc3Sc3ccc(Cl)cc31)C1CCN(C)CC1)c1ccccc1S2.Clc1ccc2c(c1)N(CCCNCc1ccccc1)c1ccccc1S2. The number of rotatable bonds is 29. The van der Waals surface area contributed by atoms with Crippen LogP contribution in [0.25, 0.3) is 0 Å². The monoisotopic (exact) mass is 1940 g/mol. The summed E-state index contributed by atoms with van der Waals surface area (Å²) in [5.41, 5.74) is 19.4. The van der Waals surface area contributed by atoms with Gasteiger partial charge in [-0.15, -0.1) is 0 Å². The molecule has 682 valence electrons. The molecule has 20 rings (SSSR count). The Hall–Kier alpha value is -8.28. The van der Waals surface area contributed by atoms with Crippen LogP contribution >= 0.6 is 117 Å². The zero-order valence-electron chi connectivity index (χ0n) is 76.6. The highest BCUT2D eigenvalue weighted by Gasteiger charge is 2.32. The molecule has 0 bridgehead atoms. The van der Waals surface area contributed by atoms with Gasteiger partial charge in [-0.2, -0.15) is 0 Å². The third kappa shape index (κ3) is 23.8. The molecular formula is C111H119Cl4N11S6. The van der Waals surface area contributed by atoms with E-state index >= 15 is 0 Å². The Kier molecular flexibility index (Phi) is 33.3. The number of hydrogen-bond donors (Lipinski definition) is 2. The summed E-state index contributed by atoms with van der Waals surface area (Å²) in [5.74, 6) is 0. The van der Waals surface area contributed by atoms with Gasteiger partial charge in [0.1, 0.15) is 0 Å². The second-order valence-electron chi connectivity index (χ2n) is 35.3. The second kappa shape index (κ2) is 46.0. The standard InChI is InChI=1S/C37H41ClN4S2.C34H36ClN3S2.C22H21ClN2S.C18H21ClN2S/c1-27-13-15-36-32(25-27)41(30-9-3-5-11-34(30)43-36)21-7-19-40(29-17-23-39(2)24-18-29)20-8-22-42-31-10-4-6-12-35(31)44-37-16-14-28(38)26-33(37)42;1-24(2)36(18-8-20-37-27-10-4-6-12-31(27)39-33-16-14-25(3)22-29(33)37)19-9-21-38-28-11-5-7-13-32(28)40-34-17-15-26(35)23-30(34)38;23-18-11-12-22-20(15-18)25(19-9-4-5-10-21(19)26-22)14-6-13-24-16-17-7-2-1-3-8-17;1-13(2)20-10-5-11-21-15-6-3-4-7-17(15)22-18-9-8-14(19)12-16(18)21/h3-6,9-16,25-26,29H,7-8,17-24H2,1-2H3;4-7,10-17,22-24H,8-9,18-21H2,1-3H3;1-5,7-12,15,24H,6,13-14,16H2;3-4,6-9,12-13,20H,5,10-11H2,1-2H3. The minimum Gasteiger partial charge on any atom is -0.340 e. The van der Waals surface area contributed by atoms with Crippen LogP contribution in [0.5, 0.6) is 0 Å². The lowest BCUT2D eigenvalue weighted by molar-refractivity contribution is 0.119. The molecule has 0 unspecified atom stereocenters. The van der Waals surface area contributed by atoms with E-state index in [4.69, 9.17) is 46.4 Å². The zero-order chi connectivity index (χ0) is 91.0. The van der Waals surface area contributed by atoms with Gasteiger partial charge in [-0.05, 0) is 299 Å². The largest absolute Gasteiger partial charge is 0.340 e. The molecule has 0 aliphatic carbocycles. The van der Waals surface area contributed by atoms with Crippen molar-refractivity contribution in [1.82, 2.24) is 25.3 Å². The Bertz CT molecular complexity index is 5860. The molecule has 0 radical (unpaired) electrons. The Morgan fingerprint density at radius 1 is 0.311 bits per heavy atom. The van der Waals surface area contributed by atoms with Gasteiger partial charge in [0.25, 0.3) is 0 Å². The number of para-hydroxylation sites is 6. The molecule has 0 saturated carbocycles. The summed E-state index contributed by atoms with van der Waals surface area (Å²) in [6, 6.07) is 103. The average molecular weight is 1940 g/mol. The van der Waals surface area contributed by atoms with E-state index in [0.29, 0.717) is 18.1 Å². The van der Waals surface area contributed by atoms with Gasteiger partial charge in [-0.1, -0.05) is 246 Å². The summed E-state index contributed by atoms with van der Waals surface area (Å²) in [4.78, 5) is 38.6. The first kappa shape index (κ1) is 95.4. The Balaban J connectivity index is 0.000000127. The van der Waals surface area contributed by atoms with Crippen molar-refractivity contribution in [2.75, 3.05) is 128 Å². The third-order valence-corrected chi connectivity index (χ3v) is 32.9. The van der Waals surface area contributed by atoms with Crippen molar-refractivity contribution in [3.63, 3.8) is 0 Å². The highest BCUT2D eigenvalue weighted by Crippen LogP contribution is 2.55. The molecule has 13 aromatic carbocycles. The fourth-order valence-electron chi connectivity index (χ4n) is 18.5. The van der Waals surface area contributed by atoms with Gasteiger partial charge in [0.15, 0.2) is 0 Å². The molecule has 132 heavy (non-hydrogen) atoms. The Morgan fingerprint density at radius 3 is 0.902 bits per heavy atom. The third-order valence-electron chi connectivity index (χ3n) is 25.2. The predicted molar refractivity (Wildman–Crippen MR) is 571 cm³/mol. The number of hydrogen-bond acceptors (Lipinski definition) is 17. The predicted octanol–water partition coefficient (Wildman–Crippen LogP) is 31.2. The molecule has 0 atom stereocenters. The van der Waals surface area contributed by atoms with Gasteiger partial charge in [0.2, 0.25) is 0 Å². The van der Waals surface area contributed by atoms with E-state index in [1.807, 2.05) is 94.8 Å². The van der Waals surface area contributed by atoms with Crippen LogP contribution in [-0.4, -0.2) is 131 Å². The minimum atomic E-state index is 0.504. The van der Waals surface area contributed by atoms with Gasteiger partial charge >= 0.3 is 0 Å². The molecule has 1 fully saturated rings. The van der Waals surface area contributed by atoms with Crippen LogP contribution in [0.15, 0.2) is 344 Å². The maximum absolute atomic E-state index is 6.51. The Labute approximate surface area is 829 Å². The van der Waals surface area contributed by atoms with Crippen molar-refractivity contribution in [3.8, 4) is 0 Å². The van der Waals surface area contributed by atoms with Crippen LogP contribution in [0.4, 0.5) is 68.2 Å². The van der Waals surface area contributed by atoms with Crippen molar-refractivity contribution in [1.29, 1.82) is 0 Å². The fraction of sp³-hybridized carbons (Fsp3) is 0.297. The topological polar surface area (TPSA) is 53.2 Å². The maximum Gasteiger partial charge on any atom is 0.0567 e. The van der Waals surface area contributed by atoms with Crippen molar-refractivity contribution < 1.29 is 0 Å². The van der Waals surface area contributed by atoms with E-state index in [1.165, 1.54) is 170 Å². The number of nitrogens with zero attached hydrogens (tertiary/aromatic N) is 9. The van der Waals surface area contributed by atoms with Gasteiger partial charge < -0.3 is 54.7 Å². The number of benzene rings is 13. The summed E-state index contributed by atoms with van der Waals surface area (Å²) in [6.45, 7) is 29.0. The van der Waals surface area contributed by atoms with Crippen LogP contribution in [0, 0.1) is 13.8 Å². The van der Waals surface area contributed by atoms with E-state index in [0.717, 1.165) is 144 Å². The summed E-state index contributed by atoms with van der Waals surface area (Å²) < 4.78 is 0. The van der Waals surface area contributed by atoms with Crippen LogP contribution in [0.1, 0.15) is 95.8 Å². The molecule has 7 heterocycles. The number of nitrogens with one attached hydrogen (secondary N) is 2. The molecule has 11 nitrogen and oxygen atoms in total. The van der Waals surface area contributed by atoms with E-state index in [9.17, 15) is 0 Å². The smallest absolute Gasteiger partial charge is 0.0567 e. The van der Waals surface area contributed by atoms with E-state index in [2.05, 4.69) is 364 Å². The number of piperidine rings is 1. The average Bonchev–Trinajstić information content (AvgIpc) is 0.825. The highest BCUT2D eigenvalue weighted by atomic mass is 35.5. The molecule has 21 heteroatoms. The molecule has 7 aliphatic rings. The number of fused-ring (bicyclic) bond motifs is 12. The van der Waals surface area contributed by atoms with Crippen molar-refractivity contribution in [3.05, 3.63) is 322 Å².